The number of benzene rings is 1. The highest BCUT2D eigenvalue weighted by atomic mass is 32.2. The molecule has 1 aromatic rings. The molecule has 0 heterocycles. The minimum Gasteiger partial charge on any atom is -0.207 e. The average Bonchev–Trinajstić information content (AvgIpc) is 2.26. The number of sulfonamides is 1. The van der Waals surface area contributed by atoms with E-state index in [-0.39, 0.29) is 4.90 Å². The zero-order valence-corrected chi connectivity index (χ0v) is 10.3. The summed E-state index contributed by atoms with van der Waals surface area (Å²) >= 11 is 0. The van der Waals surface area contributed by atoms with Gasteiger partial charge < -0.3 is 0 Å². The van der Waals surface area contributed by atoms with E-state index in [1.807, 2.05) is 6.92 Å². The van der Waals surface area contributed by atoms with Gasteiger partial charge in [0.15, 0.2) is 0 Å². The molecule has 0 aromatic heterocycles. The van der Waals surface area contributed by atoms with Crippen molar-refractivity contribution in [2.75, 3.05) is 13.6 Å². The maximum atomic E-state index is 13.4. The molecule has 90 valence electrons. The number of unbranched alkanes of at least 4 members (excludes halogenated alkanes) is 1. The minimum absolute atomic E-state index is 0.256. The third-order valence-corrected chi connectivity index (χ3v) is 4.24. The van der Waals surface area contributed by atoms with Crippen molar-refractivity contribution in [1.82, 2.24) is 4.31 Å². The molecule has 16 heavy (non-hydrogen) atoms. The summed E-state index contributed by atoms with van der Waals surface area (Å²) in [6.07, 6.45) is 1.67. The van der Waals surface area contributed by atoms with E-state index in [0.29, 0.717) is 6.54 Å². The van der Waals surface area contributed by atoms with Gasteiger partial charge in [0.25, 0.3) is 0 Å². The molecule has 0 radical (unpaired) electrons. The number of nitrogens with zero attached hydrogens (tertiary/aromatic N) is 1. The fourth-order valence-electron chi connectivity index (χ4n) is 1.32. The molecule has 0 spiro atoms. The van der Waals surface area contributed by atoms with E-state index in [0.717, 1.165) is 18.9 Å². The first-order valence-corrected chi connectivity index (χ1v) is 6.65. The summed E-state index contributed by atoms with van der Waals surface area (Å²) in [6.45, 7) is 2.39. The third kappa shape index (κ3) is 2.80. The Morgan fingerprint density at radius 3 is 2.50 bits per heavy atom. The SMILES string of the molecule is CCCCN(C)S(=O)(=O)c1ccccc1F. The lowest BCUT2D eigenvalue weighted by Gasteiger charge is -2.16. The van der Waals surface area contributed by atoms with Crippen LogP contribution in [-0.2, 0) is 10.0 Å². The Labute approximate surface area is 95.9 Å². The van der Waals surface area contributed by atoms with Crippen molar-refractivity contribution in [3.63, 3.8) is 0 Å². The number of halogens is 1. The van der Waals surface area contributed by atoms with Gasteiger partial charge in [0.2, 0.25) is 10.0 Å². The Morgan fingerprint density at radius 1 is 1.31 bits per heavy atom. The van der Waals surface area contributed by atoms with Crippen LogP contribution < -0.4 is 0 Å². The normalized spacial score (nSPS) is 12.0. The third-order valence-electron chi connectivity index (χ3n) is 2.35. The quantitative estimate of drug-likeness (QED) is 0.798. The fraction of sp³-hybridized carbons (Fsp3) is 0.455. The summed E-state index contributed by atoms with van der Waals surface area (Å²) < 4.78 is 38.4. The molecule has 0 aliphatic heterocycles. The smallest absolute Gasteiger partial charge is 0.207 e. The van der Waals surface area contributed by atoms with Crippen LogP contribution in [0.4, 0.5) is 4.39 Å². The number of hydrogen-bond donors (Lipinski definition) is 0. The van der Waals surface area contributed by atoms with Crippen LogP contribution >= 0.6 is 0 Å². The minimum atomic E-state index is -3.68. The second-order valence-corrected chi connectivity index (χ2v) is 5.62. The Hall–Kier alpha value is -0.940. The molecule has 1 rings (SSSR count). The molecule has 3 nitrogen and oxygen atoms in total. The maximum Gasteiger partial charge on any atom is 0.245 e. The second kappa shape index (κ2) is 5.41. The van der Waals surface area contributed by atoms with Crippen LogP contribution in [0.5, 0.6) is 0 Å². The van der Waals surface area contributed by atoms with E-state index in [9.17, 15) is 12.8 Å². The number of hydrogen-bond acceptors (Lipinski definition) is 2. The van der Waals surface area contributed by atoms with Crippen molar-refractivity contribution in [2.24, 2.45) is 0 Å². The lowest BCUT2D eigenvalue weighted by molar-refractivity contribution is 0.453. The predicted molar refractivity (Wildman–Crippen MR) is 61.1 cm³/mol. The van der Waals surface area contributed by atoms with Crippen molar-refractivity contribution in [3.8, 4) is 0 Å². The van der Waals surface area contributed by atoms with Crippen LogP contribution in [0.3, 0.4) is 0 Å². The summed E-state index contributed by atoms with van der Waals surface area (Å²) in [5, 5.41) is 0. The molecule has 0 fully saturated rings. The Morgan fingerprint density at radius 2 is 1.94 bits per heavy atom. The van der Waals surface area contributed by atoms with Gasteiger partial charge in [-0.2, -0.15) is 0 Å². The van der Waals surface area contributed by atoms with E-state index in [2.05, 4.69) is 0 Å². The zero-order valence-electron chi connectivity index (χ0n) is 9.48. The average molecular weight is 245 g/mol. The van der Waals surface area contributed by atoms with E-state index < -0.39 is 15.8 Å². The first-order chi connectivity index (χ1) is 7.50. The first kappa shape index (κ1) is 13.1. The van der Waals surface area contributed by atoms with Gasteiger partial charge in [0.1, 0.15) is 10.7 Å². The Bertz CT molecular complexity index is 445. The summed E-state index contributed by atoms with van der Waals surface area (Å²) in [5.41, 5.74) is 0. The van der Waals surface area contributed by atoms with E-state index in [1.165, 1.54) is 29.6 Å². The molecule has 0 aliphatic carbocycles. The van der Waals surface area contributed by atoms with Gasteiger partial charge >= 0.3 is 0 Å². The summed E-state index contributed by atoms with van der Waals surface area (Å²) in [5.74, 6) is -0.703. The molecule has 0 saturated heterocycles. The van der Waals surface area contributed by atoms with Crippen molar-refractivity contribution in [1.29, 1.82) is 0 Å². The van der Waals surface area contributed by atoms with Crippen molar-refractivity contribution < 1.29 is 12.8 Å². The van der Waals surface area contributed by atoms with E-state index in [1.54, 1.807) is 0 Å². The maximum absolute atomic E-state index is 13.4. The van der Waals surface area contributed by atoms with E-state index in [4.69, 9.17) is 0 Å². The topological polar surface area (TPSA) is 37.4 Å². The molecule has 0 saturated carbocycles. The molecule has 0 bridgehead atoms. The lowest BCUT2D eigenvalue weighted by Crippen LogP contribution is -2.28. The summed E-state index contributed by atoms with van der Waals surface area (Å²) in [6, 6.07) is 5.43. The van der Waals surface area contributed by atoms with Crippen LogP contribution in [0.15, 0.2) is 29.2 Å². The molecule has 0 N–H and O–H groups in total. The highest BCUT2D eigenvalue weighted by molar-refractivity contribution is 7.89. The molecular formula is C11H16FNO2S. The molecule has 5 heteroatoms. The second-order valence-electron chi connectivity index (χ2n) is 3.61. The highest BCUT2D eigenvalue weighted by Crippen LogP contribution is 2.17. The molecule has 0 aliphatic rings. The van der Waals surface area contributed by atoms with Crippen LogP contribution in [0.25, 0.3) is 0 Å². The van der Waals surface area contributed by atoms with Crippen LogP contribution in [0, 0.1) is 5.82 Å². The molecule has 0 unspecified atom stereocenters. The lowest BCUT2D eigenvalue weighted by atomic mass is 10.3. The van der Waals surface area contributed by atoms with Crippen molar-refractivity contribution in [2.45, 2.75) is 24.7 Å². The van der Waals surface area contributed by atoms with Crippen LogP contribution in [0.1, 0.15) is 19.8 Å². The standard InChI is InChI=1S/C11H16FNO2S/c1-3-4-9-13(2)16(14,15)11-8-6-5-7-10(11)12/h5-8H,3-4,9H2,1-2H3. The van der Waals surface area contributed by atoms with Crippen molar-refractivity contribution in [3.05, 3.63) is 30.1 Å². The molecule has 0 amide bonds. The van der Waals surface area contributed by atoms with Gasteiger partial charge in [-0.15, -0.1) is 0 Å². The highest BCUT2D eigenvalue weighted by Gasteiger charge is 2.23. The van der Waals surface area contributed by atoms with Gasteiger partial charge in [-0.3, -0.25) is 0 Å². The number of rotatable bonds is 5. The summed E-state index contributed by atoms with van der Waals surface area (Å²) in [4.78, 5) is -0.256. The van der Waals surface area contributed by atoms with Gasteiger partial charge in [0, 0.05) is 13.6 Å². The Balaban J connectivity index is 2.98. The zero-order chi connectivity index (χ0) is 12.2. The fourth-order valence-corrected chi connectivity index (χ4v) is 2.59. The van der Waals surface area contributed by atoms with Crippen LogP contribution in [-0.4, -0.2) is 26.3 Å². The first-order valence-electron chi connectivity index (χ1n) is 5.21. The van der Waals surface area contributed by atoms with Gasteiger partial charge in [-0.1, -0.05) is 25.5 Å². The molecule has 1 aromatic carbocycles. The Kier molecular flexibility index (Phi) is 4.44. The monoisotopic (exact) mass is 245 g/mol. The van der Waals surface area contributed by atoms with Gasteiger partial charge in [-0.25, -0.2) is 17.1 Å². The summed E-state index contributed by atoms with van der Waals surface area (Å²) in [7, 11) is -2.21. The largest absolute Gasteiger partial charge is 0.245 e. The van der Waals surface area contributed by atoms with Gasteiger partial charge in [-0.05, 0) is 18.6 Å². The van der Waals surface area contributed by atoms with E-state index >= 15 is 0 Å². The predicted octanol–water partition coefficient (Wildman–Crippen LogP) is 2.25. The molecular weight excluding hydrogens is 229 g/mol. The van der Waals surface area contributed by atoms with Crippen molar-refractivity contribution >= 4 is 10.0 Å². The molecule has 0 atom stereocenters. The van der Waals surface area contributed by atoms with Crippen LogP contribution in [0.2, 0.25) is 0 Å². The van der Waals surface area contributed by atoms with Gasteiger partial charge in [0.05, 0.1) is 0 Å².